The van der Waals surface area contributed by atoms with E-state index in [2.05, 4.69) is 12.2 Å². The van der Waals surface area contributed by atoms with Crippen LogP contribution in [0.3, 0.4) is 0 Å². The molecule has 0 heterocycles. The fourth-order valence-electron chi connectivity index (χ4n) is 2.74. The minimum atomic E-state index is -0.618. The van der Waals surface area contributed by atoms with Gasteiger partial charge in [-0.3, -0.25) is 9.59 Å². The molecule has 1 aliphatic rings. The number of rotatable bonds is 5. The third-order valence-electron chi connectivity index (χ3n) is 4.03. The number of primary amides is 1. The van der Waals surface area contributed by atoms with E-state index in [4.69, 9.17) is 22.1 Å². The maximum Gasteiger partial charge on any atom is 0.258 e. The molecule has 1 aromatic carbocycles. The molecule has 1 fully saturated rings. The molecule has 0 aliphatic heterocycles. The number of carbonyl (C=O) groups is 2. The van der Waals surface area contributed by atoms with Crippen molar-refractivity contribution in [1.82, 2.24) is 5.32 Å². The molecule has 120 valence electrons. The van der Waals surface area contributed by atoms with Gasteiger partial charge < -0.3 is 15.8 Å². The van der Waals surface area contributed by atoms with Crippen LogP contribution in [0.1, 0.15) is 43.0 Å². The fourth-order valence-corrected chi connectivity index (χ4v) is 2.90. The molecular formula is C16H21ClN2O3. The lowest BCUT2D eigenvalue weighted by Gasteiger charge is -2.29. The molecule has 2 atom stereocenters. The van der Waals surface area contributed by atoms with E-state index in [9.17, 15) is 9.59 Å². The first kappa shape index (κ1) is 16.6. The zero-order chi connectivity index (χ0) is 16.1. The Bertz CT molecular complexity index is 562. The molecule has 1 saturated carbocycles. The number of nitrogens with one attached hydrogen (secondary N) is 1. The summed E-state index contributed by atoms with van der Waals surface area (Å²) in [6, 6.07) is 4.72. The lowest BCUT2D eigenvalue weighted by Crippen LogP contribution is -2.43. The van der Waals surface area contributed by atoms with Crippen LogP contribution in [0.25, 0.3) is 0 Å². The number of benzene rings is 1. The van der Waals surface area contributed by atoms with Crippen LogP contribution in [0, 0.1) is 5.92 Å². The van der Waals surface area contributed by atoms with Gasteiger partial charge in [0.05, 0.1) is 5.56 Å². The number of hydrogen-bond acceptors (Lipinski definition) is 3. The quantitative estimate of drug-likeness (QED) is 0.873. The topological polar surface area (TPSA) is 81.4 Å². The molecule has 0 bridgehead atoms. The number of hydrogen-bond donors (Lipinski definition) is 2. The van der Waals surface area contributed by atoms with Crippen molar-refractivity contribution in [3.63, 3.8) is 0 Å². The SMILES string of the molecule is CC1CCCCC1NC(=O)COc1cc(Cl)ccc1C(N)=O. The first-order valence-electron chi connectivity index (χ1n) is 7.49. The second kappa shape index (κ2) is 7.49. The second-order valence-corrected chi connectivity index (χ2v) is 6.17. The van der Waals surface area contributed by atoms with E-state index >= 15 is 0 Å². The van der Waals surface area contributed by atoms with Crippen LogP contribution in [0.5, 0.6) is 5.75 Å². The lowest BCUT2D eigenvalue weighted by atomic mass is 9.86. The van der Waals surface area contributed by atoms with Gasteiger partial charge in [0, 0.05) is 11.1 Å². The molecule has 0 saturated heterocycles. The molecule has 6 heteroatoms. The largest absolute Gasteiger partial charge is 0.483 e. The Morgan fingerprint density at radius 3 is 2.77 bits per heavy atom. The molecule has 0 aromatic heterocycles. The average Bonchev–Trinajstić information content (AvgIpc) is 2.47. The standard InChI is InChI=1S/C16H21ClN2O3/c1-10-4-2-3-5-13(10)19-15(20)9-22-14-8-11(17)6-7-12(14)16(18)21/h6-8,10,13H,2-5,9H2,1H3,(H2,18,21)(H,19,20). The van der Waals surface area contributed by atoms with Gasteiger partial charge in [0.2, 0.25) is 0 Å². The highest BCUT2D eigenvalue weighted by atomic mass is 35.5. The van der Waals surface area contributed by atoms with Crippen LogP contribution < -0.4 is 15.8 Å². The molecular weight excluding hydrogens is 304 g/mol. The van der Waals surface area contributed by atoms with Gasteiger partial charge in [-0.2, -0.15) is 0 Å². The predicted molar refractivity (Wildman–Crippen MR) is 85.0 cm³/mol. The second-order valence-electron chi connectivity index (χ2n) is 5.73. The van der Waals surface area contributed by atoms with Crippen LogP contribution >= 0.6 is 11.6 Å². The summed E-state index contributed by atoms with van der Waals surface area (Å²) in [5.74, 6) is -0.112. The number of ether oxygens (including phenoxy) is 1. The van der Waals surface area contributed by atoms with Crippen LogP contribution in [0.15, 0.2) is 18.2 Å². The Morgan fingerprint density at radius 2 is 2.09 bits per heavy atom. The molecule has 1 aromatic rings. The van der Waals surface area contributed by atoms with Crippen LogP contribution in [0.2, 0.25) is 5.02 Å². The minimum absolute atomic E-state index is 0.163. The summed E-state index contributed by atoms with van der Waals surface area (Å²) in [7, 11) is 0. The third-order valence-corrected chi connectivity index (χ3v) is 4.26. The van der Waals surface area contributed by atoms with E-state index < -0.39 is 5.91 Å². The fraction of sp³-hybridized carbons (Fsp3) is 0.500. The Morgan fingerprint density at radius 1 is 1.36 bits per heavy atom. The Kier molecular flexibility index (Phi) is 5.66. The van der Waals surface area contributed by atoms with Gasteiger partial charge in [0.1, 0.15) is 5.75 Å². The van der Waals surface area contributed by atoms with Crippen LogP contribution in [-0.2, 0) is 4.79 Å². The molecule has 0 spiro atoms. The Labute approximate surface area is 135 Å². The van der Waals surface area contributed by atoms with E-state index in [1.165, 1.54) is 18.6 Å². The van der Waals surface area contributed by atoms with Crippen molar-refractivity contribution < 1.29 is 14.3 Å². The molecule has 3 N–H and O–H groups in total. The summed E-state index contributed by atoms with van der Waals surface area (Å²) in [6.45, 7) is 1.98. The van der Waals surface area contributed by atoms with E-state index in [0.29, 0.717) is 10.9 Å². The molecule has 1 aliphatic carbocycles. The van der Waals surface area contributed by atoms with Crippen molar-refractivity contribution in [2.24, 2.45) is 11.7 Å². The van der Waals surface area contributed by atoms with Gasteiger partial charge in [0.25, 0.3) is 11.8 Å². The summed E-state index contributed by atoms with van der Waals surface area (Å²) in [5, 5.41) is 3.41. The van der Waals surface area contributed by atoms with E-state index in [1.807, 2.05) is 0 Å². The van der Waals surface area contributed by atoms with Gasteiger partial charge in [-0.15, -0.1) is 0 Å². The van der Waals surface area contributed by atoms with Crippen LogP contribution in [-0.4, -0.2) is 24.5 Å². The first-order valence-corrected chi connectivity index (χ1v) is 7.86. The molecule has 0 radical (unpaired) electrons. The van der Waals surface area contributed by atoms with E-state index in [1.54, 1.807) is 6.07 Å². The lowest BCUT2D eigenvalue weighted by molar-refractivity contribution is -0.124. The summed E-state index contributed by atoms with van der Waals surface area (Å²) >= 11 is 5.88. The molecule has 2 rings (SSSR count). The third kappa shape index (κ3) is 4.37. The van der Waals surface area contributed by atoms with Crippen molar-refractivity contribution in [3.8, 4) is 5.75 Å². The normalized spacial score (nSPS) is 21.2. The highest BCUT2D eigenvalue weighted by molar-refractivity contribution is 6.30. The smallest absolute Gasteiger partial charge is 0.258 e. The monoisotopic (exact) mass is 324 g/mol. The summed E-state index contributed by atoms with van der Waals surface area (Å²) in [5.41, 5.74) is 5.49. The number of halogens is 1. The van der Waals surface area contributed by atoms with Gasteiger partial charge in [-0.25, -0.2) is 0 Å². The van der Waals surface area contributed by atoms with E-state index in [-0.39, 0.29) is 29.9 Å². The van der Waals surface area contributed by atoms with Gasteiger partial charge in [-0.05, 0) is 37.0 Å². The summed E-state index contributed by atoms with van der Waals surface area (Å²) in [4.78, 5) is 23.3. The molecule has 5 nitrogen and oxygen atoms in total. The Hall–Kier alpha value is -1.75. The van der Waals surface area contributed by atoms with E-state index in [0.717, 1.165) is 19.3 Å². The van der Waals surface area contributed by atoms with Gasteiger partial charge in [0.15, 0.2) is 6.61 Å². The predicted octanol–water partition coefficient (Wildman–Crippen LogP) is 2.51. The van der Waals surface area contributed by atoms with Gasteiger partial charge >= 0.3 is 0 Å². The molecule has 2 unspecified atom stereocenters. The Balaban J connectivity index is 1.93. The van der Waals surface area contributed by atoms with Crippen molar-refractivity contribution in [2.45, 2.75) is 38.6 Å². The molecule has 22 heavy (non-hydrogen) atoms. The zero-order valence-electron chi connectivity index (χ0n) is 12.6. The first-order chi connectivity index (χ1) is 10.5. The minimum Gasteiger partial charge on any atom is -0.483 e. The highest BCUT2D eigenvalue weighted by Gasteiger charge is 2.23. The molecule has 2 amide bonds. The van der Waals surface area contributed by atoms with Crippen molar-refractivity contribution >= 4 is 23.4 Å². The maximum absolute atomic E-state index is 12.0. The number of nitrogens with two attached hydrogens (primary N) is 1. The average molecular weight is 325 g/mol. The van der Waals surface area contributed by atoms with Crippen LogP contribution in [0.4, 0.5) is 0 Å². The van der Waals surface area contributed by atoms with Crippen molar-refractivity contribution in [1.29, 1.82) is 0 Å². The number of amides is 2. The summed E-state index contributed by atoms with van der Waals surface area (Å²) in [6.07, 6.45) is 4.48. The van der Waals surface area contributed by atoms with Crippen molar-refractivity contribution in [3.05, 3.63) is 28.8 Å². The van der Waals surface area contributed by atoms with Gasteiger partial charge in [-0.1, -0.05) is 31.4 Å². The maximum atomic E-state index is 12.0. The zero-order valence-corrected chi connectivity index (χ0v) is 13.4. The number of carbonyl (C=O) groups excluding carboxylic acids is 2. The van der Waals surface area contributed by atoms with Crippen molar-refractivity contribution in [2.75, 3.05) is 6.61 Å². The highest BCUT2D eigenvalue weighted by Crippen LogP contribution is 2.24. The summed E-state index contributed by atoms with van der Waals surface area (Å²) < 4.78 is 5.42.